The molecule has 2 N–H and O–H groups in total. The molecule has 0 aliphatic rings. The number of aromatic nitrogens is 1. The summed E-state index contributed by atoms with van der Waals surface area (Å²) in [5.41, 5.74) is 6.59. The van der Waals surface area contributed by atoms with Crippen LogP contribution in [0.2, 0.25) is 0 Å². The fourth-order valence-corrected chi connectivity index (χ4v) is 1.43. The van der Waals surface area contributed by atoms with Crippen LogP contribution in [0.15, 0.2) is 36.5 Å². The van der Waals surface area contributed by atoms with Gasteiger partial charge < -0.3 is 10.5 Å². The Kier molecular flexibility index (Phi) is 2.49. The molecule has 0 saturated carbocycles. The number of ether oxygens (including phenoxy) is 1. The minimum absolute atomic E-state index is 0.156. The van der Waals surface area contributed by atoms with Gasteiger partial charge in [0.15, 0.2) is 0 Å². The molecule has 2 rings (SSSR count). The summed E-state index contributed by atoms with van der Waals surface area (Å²) in [6.07, 6.45) is 0.929. The third kappa shape index (κ3) is 2.04. The van der Waals surface area contributed by atoms with E-state index in [4.69, 9.17) is 10.5 Å². The van der Waals surface area contributed by atoms with E-state index in [1.54, 1.807) is 6.20 Å². The van der Waals surface area contributed by atoms with Crippen LogP contribution in [-0.4, -0.2) is 11.1 Å². The normalized spacial score (nSPS) is 10.1. The van der Waals surface area contributed by atoms with Gasteiger partial charge in [-0.25, -0.2) is 4.79 Å². The van der Waals surface area contributed by atoms with E-state index in [0.717, 1.165) is 16.5 Å². The van der Waals surface area contributed by atoms with Crippen molar-refractivity contribution in [3.8, 4) is 0 Å². The molecule has 0 unspecified atom stereocenters. The zero-order valence-corrected chi connectivity index (χ0v) is 8.01. The lowest BCUT2D eigenvalue weighted by Gasteiger charge is -2.04. The first-order valence-electron chi connectivity index (χ1n) is 4.52. The lowest BCUT2D eigenvalue weighted by atomic mass is 10.1. The van der Waals surface area contributed by atoms with Crippen LogP contribution in [0.4, 0.5) is 4.79 Å². The molecular formula is C11H10N2O2. The SMILES string of the molecule is NC(=O)OCc1cccc2cccnc12. The van der Waals surface area contributed by atoms with Gasteiger partial charge in [-0.05, 0) is 6.07 Å². The van der Waals surface area contributed by atoms with Crippen LogP contribution in [0.5, 0.6) is 0 Å². The Balaban J connectivity index is 2.38. The second-order valence-electron chi connectivity index (χ2n) is 3.10. The standard InChI is InChI=1S/C11H10N2O2/c12-11(14)15-7-9-4-1-3-8-5-2-6-13-10(8)9/h1-6H,7H2,(H2,12,14). The van der Waals surface area contributed by atoms with E-state index >= 15 is 0 Å². The summed E-state index contributed by atoms with van der Waals surface area (Å²) in [6, 6.07) is 9.52. The summed E-state index contributed by atoms with van der Waals surface area (Å²) >= 11 is 0. The van der Waals surface area contributed by atoms with Crippen LogP contribution >= 0.6 is 0 Å². The molecule has 0 bridgehead atoms. The second kappa shape index (κ2) is 3.96. The summed E-state index contributed by atoms with van der Waals surface area (Å²) in [4.78, 5) is 14.7. The molecule has 0 aliphatic carbocycles. The number of primary amides is 1. The molecule has 0 atom stereocenters. The number of carbonyl (C=O) groups is 1. The third-order valence-electron chi connectivity index (χ3n) is 2.09. The molecule has 1 amide bonds. The van der Waals surface area contributed by atoms with Crippen LogP contribution in [0.25, 0.3) is 10.9 Å². The van der Waals surface area contributed by atoms with Crippen LogP contribution in [0, 0.1) is 0 Å². The van der Waals surface area contributed by atoms with E-state index < -0.39 is 6.09 Å². The Bertz CT molecular complexity index is 491. The Morgan fingerprint density at radius 2 is 2.13 bits per heavy atom. The molecule has 1 aromatic heterocycles. The Hall–Kier alpha value is -2.10. The van der Waals surface area contributed by atoms with Gasteiger partial charge in [0.25, 0.3) is 0 Å². The molecule has 1 heterocycles. The monoisotopic (exact) mass is 202 g/mol. The number of para-hydroxylation sites is 1. The maximum atomic E-state index is 10.5. The minimum atomic E-state index is -0.775. The number of nitrogens with two attached hydrogens (primary N) is 1. The number of hydrogen-bond donors (Lipinski definition) is 1. The predicted molar refractivity (Wildman–Crippen MR) is 56.1 cm³/mol. The van der Waals surface area contributed by atoms with Crippen LogP contribution in [0.1, 0.15) is 5.56 Å². The molecular weight excluding hydrogens is 192 g/mol. The summed E-state index contributed by atoms with van der Waals surface area (Å²) in [5.74, 6) is 0. The number of nitrogens with zero attached hydrogens (tertiary/aromatic N) is 1. The summed E-state index contributed by atoms with van der Waals surface area (Å²) in [6.45, 7) is 0.156. The van der Waals surface area contributed by atoms with E-state index in [-0.39, 0.29) is 6.61 Å². The third-order valence-corrected chi connectivity index (χ3v) is 2.09. The Labute approximate surface area is 86.7 Å². The number of carbonyl (C=O) groups excluding carboxylic acids is 1. The Morgan fingerprint density at radius 3 is 2.93 bits per heavy atom. The van der Waals surface area contributed by atoms with Crippen molar-refractivity contribution in [1.29, 1.82) is 0 Å². The van der Waals surface area contributed by atoms with E-state index in [0.29, 0.717) is 0 Å². The molecule has 15 heavy (non-hydrogen) atoms. The smallest absolute Gasteiger partial charge is 0.404 e. The molecule has 4 nitrogen and oxygen atoms in total. The van der Waals surface area contributed by atoms with Crippen molar-refractivity contribution in [3.63, 3.8) is 0 Å². The highest BCUT2D eigenvalue weighted by Gasteiger charge is 2.02. The van der Waals surface area contributed by atoms with Crippen LogP contribution in [-0.2, 0) is 11.3 Å². The molecule has 2 aromatic rings. The number of fused-ring (bicyclic) bond motifs is 1. The average molecular weight is 202 g/mol. The molecule has 0 aliphatic heterocycles. The first-order valence-corrected chi connectivity index (χ1v) is 4.52. The first kappa shape index (κ1) is 9.45. The van der Waals surface area contributed by atoms with Crippen LogP contribution in [0.3, 0.4) is 0 Å². The van der Waals surface area contributed by atoms with E-state index in [9.17, 15) is 4.79 Å². The maximum absolute atomic E-state index is 10.5. The number of rotatable bonds is 2. The van der Waals surface area contributed by atoms with Crippen molar-refractivity contribution in [2.24, 2.45) is 5.73 Å². The summed E-state index contributed by atoms with van der Waals surface area (Å²) in [7, 11) is 0. The second-order valence-corrected chi connectivity index (χ2v) is 3.10. The van der Waals surface area contributed by atoms with Gasteiger partial charge in [-0.3, -0.25) is 4.98 Å². The number of amides is 1. The van der Waals surface area contributed by atoms with Crippen molar-refractivity contribution >= 4 is 17.0 Å². The van der Waals surface area contributed by atoms with Gasteiger partial charge in [0.1, 0.15) is 6.61 Å². The minimum Gasteiger partial charge on any atom is -0.445 e. The maximum Gasteiger partial charge on any atom is 0.404 e. The molecule has 0 fully saturated rings. The quantitative estimate of drug-likeness (QED) is 0.807. The van der Waals surface area contributed by atoms with Gasteiger partial charge in [-0.2, -0.15) is 0 Å². The summed E-state index contributed by atoms with van der Waals surface area (Å²) < 4.78 is 4.73. The van der Waals surface area contributed by atoms with Gasteiger partial charge in [0, 0.05) is 17.1 Å². The molecule has 0 saturated heterocycles. The zero-order valence-electron chi connectivity index (χ0n) is 8.01. The van der Waals surface area contributed by atoms with Crippen molar-refractivity contribution < 1.29 is 9.53 Å². The predicted octanol–water partition coefficient (Wildman–Crippen LogP) is 1.83. The highest BCUT2D eigenvalue weighted by Crippen LogP contribution is 2.16. The van der Waals surface area contributed by atoms with Gasteiger partial charge in [-0.15, -0.1) is 0 Å². The highest BCUT2D eigenvalue weighted by molar-refractivity contribution is 5.81. The lowest BCUT2D eigenvalue weighted by Crippen LogP contribution is -2.12. The topological polar surface area (TPSA) is 65.2 Å². The first-order chi connectivity index (χ1) is 7.27. The summed E-state index contributed by atoms with van der Waals surface area (Å²) in [5, 5.41) is 1.02. The fraction of sp³-hybridized carbons (Fsp3) is 0.0909. The van der Waals surface area contributed by atoms with Crippen molar-refractivity contribution in [3.05, 3.63) is 42.1 Å². The van der Waals surface area contributed by atoms with E-state index in [2.05, 4.69) is 4.98 Å². The number of hydrogen-bond acceptors (Lipinski definition) is 3. The van der Waals surface area contributed by atoms with Gasteiger partial charge in [0.2, 0.25) is 0 Å². The molecule has 0 spiro atoms. The molecule has 1 aromatic carbocycles. The average Bonchev–Trinajstić information content (AvgIpc) is 2.26. The molecule has 4 heteroatoms. The van der Waals surface area contributed by atoms with Crippen molar-refractivity contribution in [1.82, 2.24) is 4.98 Å². The largest absolute Gasteiger partial charge is 0.445 e. The Morgan fingerprint density at radius 1 is 1.33 bits per heavy atom. The van der Waals surface area contributed by atoms with E-state index in [1.807, 2.05) is 30.3 Å². The van der Waals surface area contributed by atoms with Crippen LogP contribution < -0.4 is 5.73 Å². The van der Waals surface area contributed by atoms with Crippen molar-refractivity contribution in [2.45, 2.75) is 6.61 Å². The van der Waals surface area contributed by atoms with Gasteiger partial charge >= 0.3 is 6.09 Å². The van der Waals surface area contributed by atoms with Gasteiger partial charge in [0.05, 0.1) is 5.52 Å². The number of pyridine rings is 1. The van der Waals surface area contributed by atoms with Crippen molar-refractivity contribution in [2.75, 3.05) is 0 Å². The lowest BCUT2D eigenvalue weighted by molar-refractivity contribution is 0.150. The fourth-order valence-electron chi connectivity index (χ4n) is 1.43. The molecule has 76 valence electrons. The zero-order chi connectivity index (χ0) is 10.7. The highest BCUT2D eigenvalue weighted by atomic mass is 16.5. The number of benzene rings is 1. The molecule has 0 radical (unpaired) electrons. The van der Waals surface area contributed by atoms with E-state index in [1.165, 1.54) is 0 Å². The van der Waals surface area contributed by atoms with Gasteiger partial charge in [-0.1, -0.05) is 24.3 Å².